The van der Waals surface area contributed by atoms with Crippen LogP contribution in [0.25, 0.3) is 0 Å². The third kappa shape index (κ3) is 3.24. The molecule has 0 heterocycles. The fraction of sp³-hybridized carbons (Fsp3) is 0.636. The van der Waals surface area contributed by atoms with Crippen molar-refractivity contribution in [3.05, 3.63) is 35.5 Å². The minimum atomic E-state index is -0.889. The summed E-state index contributed by atoms with van der Waals surface area (Å²) >= 11 is 8.80. The second-order valence-corrected chi connectivity index (χ2v) is 9.52. The van der Waals surface area contributed by atoms with E-state index in [2.05, 4.69) is 56.1 Å². The Morgan fingerprint density at radius 2 is 1.92 bits per heavy atom. The summed E-state index contributed by atoms with van der Waals surface area (Å²) in [4.78, 5) is 20.7. The van der Waals surface area contributed by atoms with E-state index >= 15 is 0 Å². The normalized spacial score (nSPS) is 40.3. The van der Waals surface area contributed by atoms with Crippen LogP contribution in [0.2, 0.25) is 0 Å². The first kappa shape index (κ1) is 19.9. The van der Waals surface area contributed by atoms with Crippen LogP contribution in [0.1, 0.15) is 59.3 Å². The molecule has 5 atom stereocenters. The van der Waals surface area contributed by atoms with Crippen LogP contribution in [0.3, 0.4) is 0 Å². The van der Waals surface area contributed by atoms with Gasteiger partial charge in [-0.15, -0.1) is 0 Å². The molecular formula is C22H28Cl2O2. The van der Waals surface area contributed by atoms with Crippen molar-refractivity contribution >= 4 is 33.7 Å². The monoisotopic (exact) mass is 394 g/mol. The number of halogens is 2. The molecule has 0 radical (unpaired) electrons. The van der Waals surface area contributed by atoms with Crippen molar-refractivity contribution in [1.82, 2.24) is 0 Å². The van der Waals surface area contributed by atoms with Crippen molar-refractivity contribution < 1.29 is 9.59 Å². The van der Waals surface area contributed by atoms with Crippen molar-refractivity contribution in [1.29, 1.82) is 0 Å². The Morgan fingerprint density at radius 1 is 1.23 bits per heavy atom. The van der Waals surface area contributed by atoms with Crippen molar-refractivity contribution in [2.45, 2.75) is 59.3 Å². The molecule has 0 aromatic carbocycles. The SMILES string of the molecule is CC[C@H]1CC[C@H]2[C@@H]3CCC4=CC(=O)C=C[C@]4(C)C3=CC[C@]12C.O=C(Cl)Cl. The topological polar surface area (TPSA) is 34.1 Å². The van der Waals surface area contributed by atoms with E-state index in [0.29, 0.717) is 5.41 Å². The van der Waals surface area contributed by atoms with Gasteiger partial charge >= 0.3 is 4.70 Å². The van der Waals surface area contributed by atoms with E-state index in [1.807, 2.05) is 6.08 Å². The van der Waals surface area contributed by atoms with Crippen LogP contribution >= 0.6 is 23.2 Å². The van der Waals surface area contributed by atoms with Gasteiger partial charge in [0.15, 0.2) is 5.78 Å². The summed E-state index contributed by atoms with van der Waals surface area (Å²) in [6.07, 6.45) is 16.2. The van der Waals surface area contributed by atoms with E-state index in [-0.39, 0.29) is 11.2 Å². The second-order valence-electron chi connectivity index (χ2n) is 8.64. The van der Waals surface area contributed by atoms with Crippen LogP contribution in [-0.4, -0.2) is 10.5 Å². The number of allylic oxidation sites excluding steroid dienone is 6. The minimum Gasteiger partial charge on any atom is -0.290 e. The molecule has 0 aromatic heterocycles. The third-order valence-corrected chi connectivity index (χ3v) is 7.63. The Labute approximate surface area is 166 Å². The molecular weight excluding hydrogens is 367 g/mol. The number of hydrogen-bond donors (Lipinski definition) is 0. The highest BCUT2D eigenvalue weighted by Crippen LogP contribution is 2.64. The number of carbonyl (C=O) groups is 2. The quantitative estimate of drug-likeness (QED) is 0.360. The molecule has 0 amide bonds. The van der Waals surface area contributed by atoms with Crippen molar-refractivity contribution in [2.75, 3.05) is 0 Å². The van der Waals surface area contributed by atoms with Gasteiger partial charge in [0.2, 0.25) is 0 Å². The lowest BCUT2D eigenvalue weighted by Gasteiger charge is -2.52. The summed E-state index contributed by atoms with van der Waals surface area (Å²) in [5.41, 5.74) is 3.54. The fourth-order valence-corrected chi connectivity index (χ4v) is 6.29. The Morgan fingerprint density at radius 3 is 2.58 bits per heavy atom. The van der Waals surface area contributed by atoms with Gasteiger partial charge in [0.1, 0.15) is 0 Å². The molecule has 0 N–H and O–H groups in total. The first-order chi connectivity index (χ1) is 12.2. The van der Waals surface area contributed by atoms with Gasteiger partial charge in [-0.25, -0.2) is 0 Å². The molecule has 2 nitrogen and oxygen atoms in total. The van der Waals surface area contributed by atoms with E-state index in [1.54, 1.807) is 11.6 Å². The van der Waals surface area contributed by atoms with Gasteiger partial charge in [0, 0.05) is 5.41 Å². The third-order valence-electron chi connectivity index (χ3n) is 7.63. The van der Waals surface area contributed by atoms with Crippen molar-refractivity contribution in [3.63, 3.8) is 0 Å². The zero-order valence-corrected chi connectivity index (χ0v) is 17.4. The lowest BCUT2D eigenvalue weighted by molar-refractivity contribution is -0.110. The van der Waals surface area contributed by atoms with E-state index in [0.717, 1.165) is 24.2 Å². The first-order valence-corrected chi connectivity index (χ1v) is 10.5. The number of rotatable bonds is 1. The first-order valence-electron chi connectivity index (χ1n) is 9.72. The van der Waals surface area contributed by atoms with Crippen LogP contribution in [-0.2, 0) is 4.79 Å². The van der Waals surface area contributed by atoms with Gasteiger partial charge in [-0.05, 0) is 97.6 Å². The van der Waals surface area contributed by atoms with E-state index < -0.39 is 4.70 Å². The summed E-state index contributed by atoms with van der Waals surface area (Å²) in [7, 11) is 0. The predicted molar refractivity (Wildman–Crippen MR) is 107 cm³/mol. The van der Waals surface area contributed by atoms with E-state index in [9.17, 15) is 4.79 Å². The number of fused-ring (bicyclic) bond motifs is 5. The zero-order chi connectivity index (χ0) is 19.1. The van der Waals surface area contributed by atoms with Gasteiger partial charge in [0.05, 0.1) is 0 Å². The molecule has 4 aliphatic carbocycles. The minimum absolute atomic E-state index is 0.0302. The van der Waals surface area contributed by atoms with Crippen molar-refractivity contribution in [3.8, 4) is 0 Å². The van der Waals surface area contributed by atoms with Gasteiger partial charge < -0.3 is 0 Å². The summed E-state index contributed by atoms with van der Waals surface area (Å²) in [5.74, 6) is 2.69. The highest BCUT2D eigenvalue weighted by molar-refractivity contribution is 6.93. The standard InChI is InChI=1S/C21H28O.CCl2O/c1-4-14-6-8-18-17-7-5-15-13-16(22)9-11-21(15,3)19(17)10-12-20(14,18)2;2-1(3)4/h9-11,13-14,17-18H,4-8,12H2,1-3H3;/t14-,17-,18-,20+,21-;/m0./s1. The fourth-order valence-electron chi connectivity index (χ4n) is 6.29. The molecule has 142 valence electrons. The van der Waals surface area contributed by atoms with Gasteiger partial charge in [0.25, 0.3) is 0 Å². The van der Waals surface area contributed by atoms with E-state index in [4.69, 9.17) is 4.79 Å². The molecule has 4 rings (SSSR count). The highest BCUT2D eigenvalue weighted by Gasteiger charge is 2.54. The Kier molecular flexibility index (Phi) is 5.57. The van der Waals surface area contributed by atoms with Crippen LogP contribution in [0.5, 0.6) is 0 Å². The van der Waals surface area contributed by atoms with Gasteiger partial charge in [-0.3, -0.25) is 9.59 Å². The predicted octanol–water partition coefficient (Wildman–Crippen LogP) is 6.82. The molecule has 4 aliphatic rings. The number of ketones is 1. The molecule has 26 heavy (non-hydrogen) atoms. The number of carbonyl (C=O) groups excluding carboxylic acids is 2. The Bertz CT molecular complexity index is 701. The molecule has 2 saturated carbocycles. The van der Waals surface area contributed by atoms with Crippen LogP contribution in [0.4, 0.5) is 4.79 Å². The van der Waals surface area contributed by atoms with Gasteiger partial charge in [-0.2, -0.15) is 0 Å². The van der Waals surface area contributed by atoms with Gasteiger partial charge in [-0.1, -0.05) is 43.6 Å². The Hall–Kier alpha value is -0.860. The highest BCUT2D eigenvalue weighted by atomic mass is 35.5. The maximum Gasteiger partial charge on any atom is 0.313 e. The maximum absolute atomic E-state index is 11.8. The zero-order valence-electron chi connectivity index (χ0n) is 15.9. The number of hydrogen-bond acceptors (Lipinski definition) is 2. The average Bonchev–Trinajstić information content (AvgIpc) is 2.91. The molecule has 2 fully saturated rings. The molecule has 4 heteroatoms. The maximum atomic E-state index is 11.8. The van der Waals surface area contributed by atoms with Crippen LogP contribution < -0.4 is 0 Å². The van der Waals surface area contributed by atoms with Crippen LogP contribution in [0, 0.1) is 28.6 Å². The van der Waals surface area contributed by atoms with Crippen LogP contribution in [0.15, 0.2) is 35.5 Å². The summed E-state index contributed by atoms with van der Waals surface area (Å²) < 4.78 is -0.889. The average molecular weight is 395 g/mol. The van der Waals surface area contributed by atoms with Crippen molar-refractivity contribution in [2.24, 2.45) is 28.6 Å². The summed E-state index contributed by atoms with van der Waals surface area (Å²) in [6.45, 7) is 7.27. The molecule has 0 aliphatic heterocycles. The smallest absolute Gasteiger partial charge is 0.290 e. The second kappa shape index (κ2) is 7.28. The largest absolute Gasteiger partial charge is 0.313 e. The molecule has 0 spiro atoms. The van der Waals surface area contributed by atoms with E-state index in [1.165, 1.54) is 37.7 Å². The molecule has 0 saturated heterocycles. The molecule has 0 aromatic rings. The molecule has 0 bridgehead atoms. The Balaban J connectivity index is 0.000000447. The lowest BCUT2D eigenvalue weighted by atomic mass is 9.52. The summed E-state index contributed by atoms with van der Waals surface area (Å²) in [6, 6.07) is 0. The molecule has 0 unspecified atom stereocenters. The lowest BCUT2D eigenvalue weighted by Crippen LogP contribution is -2.43. The summed E-state index contributed by atoms with van der Waals surface area (Å²) in [5, 5.41) is 0.